The first-order valence-electron chi connectivity index (χ1n) is 8.09. The van der Waals surface area contributed by atoms with E-state index in [1.54, 1.807) is 18.2 Å². The van der Waals surface area contributed by atoms with Gasteiger partial charge < -0.3 is 9.88 Å². The van der Waals surface area contributed by atoms with Gasteiger partial charge in [0.1, 0.15) is 12.4 Å². The van der Waals surface area contributed by atoms with E-state index in [0.717, 1.165) is 11.0 Å². The molecule has 0 atom stereocenters. The number of carbonyl (C=O) groups excluding carboxylic acids is 1. The van der Waals surface area contributed by atoms with Crippen LogP contribution in [-0.2, 0) is 11.3 Å². The number of nitrogens with zero attached hydrogens (tertiary/aromatic N) is 4. The topological polar surface area (TPSA) is 72.7 Å². The van der Waals surface area contributed by atoms with Crippen LogP contribution in [-0.4, -0.2) is 25.7 Å². The van der Waals surface area contributed by atoms with E-state index < -0.39 is 0 Å². The van der Waals surface area contributed by atoms with Gasteiger partial charge in [-0.2, -0.15) is 10.2 Å². The Morgan fingerprint density at radius 2 is 1.89 bits per heavy atom. The predicted octanol–water partition coefficient (Wildman–Crippen LogP) is 4.44. The van der Waals surface area contributed by atoms with Crippen molar-refractivity contribution in [3.8, 4) is 11.4 Å². The van der Waals surface area contributed by atoms with Crippen molar-refractivity contribution in [1.82, 2.24) is 19.7 Å². The first-order chi connectivity index (χ1) is 13.1. The van der Waals surface area contributed by atoms with Crippen molar-refractivity contribution >= 4 is 45.8 Å². The molecule has 2 heterocycles. The van der Waals surface area contributed by atoms with Crippen LogP contribution in [0.3, 0.4) is 0 Å². The molecule has 0 saturated heterocycles. The van der Waals surface area contributed by atoms with Gasteiger partial charge in [-0.05, 0) is 30.3 Å². The summed E-state index contributed by atoms with van der Waals surface area (Å²) in [5, 5.41) is 11.1. The van der Waals surface area contributed by atoms with Crippen LogP contribution >= 0.6 is 23.2 Å². The summed E-state index contributed by atoms with van der Waals surface area (Å²) in [6, 6.07) is 14.6. The molecule has 2 aromatic carbocycles. The van der Waals surface area contributed by atoms with Crippen LogP contribution in [0.1, 0.15) is 0 Å². The summed E-state index contributed by atoms with van der Waals surface area (Å²) in [6.45, 7) is 0.0566. The molecule has 1 N–H and O–H groups in total. The van der Waals surface area contributed by atoms with Crippen molar-refractivity contribution in [3.63, 3.8) is 0 Å². The zero-order valence-corrected chi connectivity index (χ0v) is 15.4. The second-order valence-corrected chi connectivity index (χ2v) is 6.58. The molecule has 0 saturated carbocycles. The molecule has 2 aromatic heterocycles. The fraction of sp³-hybridized carbons (Fsp3) is 0.0526. The minimum Gasteiger partial charge on any atom is -0.323 e. The van der Waals surface area contributed by atoms with E-state index >= 15 is 0 Å². The van der Waals surface area contributed by atoms with E-state index in [4.69, 9.17) is 23.2 Å². The number of imidazole rings is 1. The highest BCUT2D eigenvalue weighted by Crippen LogP contribution is 2.34. The lowest BCUT2D eigenvalue weighted by Crippen LogP contribution is -2.19. The maximum absolute atomic E-state index is 12.6. The Hall–Kier alpha value is -2.96. The van der Waals surface area contributed by atoms with Crippen molar-refractivity contribution in [2.75, 3.05) is 5.32 Å². The largest absolute Gasteiger partial charge is 0.323 e. The SMILES string of the molecule is O=C(Cn1c(-c2cccc(Cl)c2Cl)nc2ccccc21)Nc1ccnnc1. The minimum atomic E-state index is -0.217. The molecule has 0 aliphatic heterocycles. The fourth-order valence-corrected chi connectivity index (χ4v) is 3.21. The van der Waals surface area contributed by atoms with Crippen LogP contribution in [0.4, 0.5) is 5.69 Å². The molecule has 0 bridgehead atoms. The molecular weight excluding hydrogens is 385 g/mol. The Labute approximate surface area is 164 Å². The summed E-state index contributed by atoms with van der Waals surface area (Å²) in [5.41, 5.74) is 2.83. The Bertz CT molecular complexity index is 1130. The zero-order chi connectivity index (χ0) is 18.8. The summed E-state index contributed by atoms with van der Waals surface area (Å²) in [7, 11) is 0. The molecule has 0 spiro atoms. The number of para-hydroxylation sites is 2. The molecule has 6 nitrogen and oxygen atoms in total. The summed E-state index contributed by atoms with van der Waals surface area (Å²) in [6.07, 6.45) is 3.00. The molecular formula is C19H13Cl2N5O. The van der Waals surface area contributed by atoms with Crippen LogP contribution in [0.2, 0.25) is 10.0 Å². The maximum Gasteiger partial charge on any atom is 0.244 e. The average molecular weight is 398 g/mol. The van der Waals surface area contributed by atoms with Crippen LogP contribution in [0.5, 0.6) is 0 Å². The van der Waals surface area contributed by atoms with Gasteiger partial charge in [-0.3, -0.25) is 4.79 Å². The normalized spacial score (nSPS) is 10.9. The lowest BCUT2D eigenvalue weighted by molar-refractivity contribution is -0.116. The number of hydrogen-bond acceptors (Lipinski definition) is 4. The second-order valence-electron chi connectivity index (χ2n) is 5.79. The molecule has 134 valence electrons. The van der Waals surface area contributed by atoms with Gasteiger partial charge in [0.25, 0.3) is 0 Å². The van der Waals surface area contributed by atoms with Crippen molar-refractivity contribution in [2.45, 2.75) is 6.54 Å². The first kappa shape index (κ1) is 17.5. The molecule has 27 heavy (non-hydrogen) atoms. The lowest BCUT2D eigenvalue weighted by atomic mass is 10.2. The smallest absolute Gasteiger partial charge is 0.244 e. The highest BCUT2D eigenvalue weighted by atomic mass is 35.5. The van der Waals surface area contributed by atoms with Crippen LogP contribution in [0, 0.1) is 0 Å². The molecule has 8 heteroatoms. The van der Waals surface area contributed by atoms with Gasteiger partial charge in [0.05, 0.1) is 39.2 Å². The van der Waals surface area contributed by atoms with E-state index in [0.29, 0.717) is 27.1 Å². The monoisotopic (exact) mass is 397 g/mol. The fourth-order valence-electron chi connectivity index (χ4n) is 2.83. The Morgan fingerprint density at radius 3 is 2.70 bits per heavy atom. The molecule has 4 aromatic rings. The Balaban J connectivity index is 1.77. The van der Waals surface area contributed by atoms with Gasteiger partial charge in [0.15, 0.2) is 0 Å². The van der Waals surface area contributed by atoms with Gasteiger partial charge in [-0.25, -0.2) is 4.98 Å². The first-order valence-corrected chi connectivity index (χ1v) is 8.85. The molecule has 0 radical (unpaired) electrons. The van der Waals surface area contributed by atoms with E-state index in [1.165, 1.54) is 12.4 Å². The number of hydrogen-bond donors (Lipinski definition) is 1. The third-order valence-electron chi connectivity index (χ3n) is 4.02. The Morgan fingerprint density at radius 1 is 1.04 bits per heavy atom. The van der Waals surface area contributed by atoms with E-state index in [-0.39, 0.29) is 12.5 Å². The quantitative estimate of drug-likeness (QED) is 0.552. The number of carbonyl (C=O) groups is 1. The Kier molecular flexibility index (Phi) is 4.75. The summed E-state index contributed by atoms with van der Waals surface area (Å²) < 4.78 is 1.82. The van der Waals surface area contributed by atoms with E-state index in [9.17, 15) is 4.79 Å². The zero-order valence-electron chi connectivity index (χ0n) is 13.9. The van der Waals surface area contributed by atoms with E-state index in [1.807, 2.05) is 34.9 Å². The van der Waals surface area contributed by atoms with Crippen LogP contribution in [0.25, 0.3) is 22.4 Å². The van der Waals surface area contributed by atoms with Crippen LogP contribution in [0.15, 0.2) is 60.9 Å². The molecule has 0 aliphatic rings. The molecule has 4 rings (SSSR count). The van der Waals surface area contributed by atoms with E-state index in [2.05, 4.69) is 20.5 Å². The van der Waals surface area contributed by atoms with Gasteiger partial charge in [-0.1, -0.05) is 41.4 Å². The standard InChI is InChI=1S/C19H13Cl2N5O/c20-14-5-3-4-13(18(14)21)19-25-15-6-1-2-7-16(15)26(19)11-17(27)24-12-8-9-22-23-10-12/h1-10H,11H2,(H,22,24,27). The highest BCUT2D eigenvalue weighted by molar-refractivity contribution is 6.43. The van der Waals surface area contributed by atoms with Gasteiger partial charge in [0.2, 0.25) is 5.91 Å². The number of aromatic nitrogens is 4. The van der Waals surface area contributed by atoms with Crippen molar-refractivity contribution in [1.29, 1.82) is 0 Å². The third kappa shape index (κ3) is 3.49. The number of benzene rings is 2. The van der Waals surface area contributed by atoms with Gasteiger partial charge in [-0.15, -0.1) is 0 Å². The van der Waals surface area contributed by atoms with Crippen molar-refractivity contribution in [2.24, 2.45) is 0 Å². The minimum absolute atomic E-state index is 0.0566. The highest BCUT2D eigenvalue weighted by Gasteiger charge is 2.18. The number of amides is 1. The molecule has 0 unspecified atom stereocenters. The van der Waals surface area contributed by atoms with Crippen molar-refractivity contribution in [3.05, 3.63) is 71.0 Å². The molecule has 0 aliphatic carbocycles. The third-order valence-corrected chi connectivity index (χ3v) is 4.84. The van der Waals surface area contributed by atoms with Crippen LogP contribution < -0.4 is 5.32 Å². The number of halogens is 2. The average Bonchev–Trinajstić information content (AvgIpc) is 3.03. The number of nitrogens with one attached hydrogen (secondary N) is 1. The summed E-state index contributed by atoms with van der Waals surface area (Å²) >= 11 is 12.6. The molecule has 1 amide bonds. The predicted molar refractivity (Wildman–Crippen MR) is 106 cm³/mol. The lowest BCUT2D eigenvalue weighted by Gasteiger charge is -2.11. The maximum atomic E-state index is 12.6. The second kappa shape index (κ2) is 7.34. The molecule has 0 fully saturated rings. The summed E-state index contributed by atoms with van der Waals surface area (Å²) in [5.74, 6) is 0.359. The van der Waals surface area contributed by atoms with Gasteiger partial charge in [0, 0.05) is 5.56 Å². The van der Waals surface area contributed by atoms with Gasteiger partial charge >= 0.3 is 0 Å². The number of rotatable bonds is 4. The number of fused-ring (bicyclic) bond motifs is 1. The van der Waals surface area contributed by atoms with Crippen molar-refractivity contribution < 1.29 is 4.79 Å². The number of anilines is 1. The summed E-state index contributed by atoms with van der Waals surface area (Å²) in [4.78, 5) is 17.3.